The third-order valence-corrected chi connectivity index (χ3v) is 2.51. The van der Waals surface area contributed by atoms with Crippen LogP contribution in [0.2, 0.25) is 0 Å². The van der Waals surface area contributed by atoms with Crippen LogP contribution >= 0.6 is 0 Å². The molecule has 1 N–H and O–H groups in total. The summed E-state index contributed by atoms with van der Waals surface area (Å²) < 4.78 is 0. The lowest BCUT2D eigenvalue weighted by Crippen LogP contribution is -2.21. The number of nitrogens with zero attached hydrogens (tertiary/aromatic N) is 1. The molecule has 0 saturated heterocycles. The molecule has 0 atom stereocenters. The number of aliphatic carboxylic acids is 1. The number of hydrogen-bond acceptors (Lipinski definition) is 2. The van der Waals surface area contributed by atoms with Crippen molar-refractivity contribution in [2.75, 3.05) is 13.1 Å². The Morgan fingerprint density at radius 1 is 1.33 bits per heavy atom. The van der Waals surface area contributed by atoms with Gasteiger partial charge in [0.1, 0.15) is 0 Å². The van der Waals surface area contributed by atoms with Crippen LogP contribution in [0.15, 0.2) is 42.0 Å². The highest BCUT2D eigenvalue weighted by molar-refractivity contribution is 5.87. The first-order chi connectivity index (χ1) is 7.25. The number of carboxylic acid groups (broad SMARTS) is 1. The van der Waals surface area contributed by atoms with Gasteiger partial charge < -0.3 is 5.11 Å². The molecule has 0 bridgehead atoms. The Labute approximate surface area is 88.6 Å². The van der Waals surface area contributed by atoms with Crippen LogP contribution in [-0.2, 0) is 11.3 Å². The summed E-state index contributed by atoms with van der Waals surface area (Å²) >= 11 is 0. The third-order valence-electron chi connectivity index (χ3n) is 2.51. The molecular formula is C12H13NO2. The van der Waals surface area contributed by atoms with Gasteiger partial charge in [0.2, 0.25) is 0 Å². The lowest BCUT2D eigenvalue weighted by Gasteiger charge is -2.14. The summed E-state index contributed by atoms with van der Waals surface area (Å²) in [6.07, 6.45) is 1.78. The lowest BCUT2D eigenvalue weighted by molar-refractivity contribution is -0.132. The van der Waals surface area contributed by atoms with Crippen LogP contribution in [0, 0.1) is 0 Å². The number of carboxylic acids is 1. The molecule has 3 nitrogen and oxygen atoms in total. The Balaban J connectivity index is 1.93. The van der Waals surface area contributed by atoms with E-state index in [0.29, 0.717) is 12.1 Å². The van der Waals surface area contributed by atoms with E-state index in [1.165, 1.54) is 5.56 Å². The zero-order chi connectivity index (χ0) is 10.7. The van der Waals surface area contributed by atoms with Gasteiger partial charge in [-0.25, -0.2) is 4.79 Å². The van der Waals surface area contributed by atoms with Crippen molar-refractivity contribution in [3.63, 3.8) is 0 Å². The van der Waals surface area contributed by atoms with Crippen molar-refractivity contribution in [1.29, 1.82) is 0 Å². The van der Waals surface area contributed by atoms with E-state index in [1.807, 2.05) is 18.2 Å². The van der Waals surface area contributed by atoms with Crippen molar-refractivity contribution in [3.05, 3.63) is 47.5 Å². The smallest absolute Gasteiger partial charge is 0.332 e. The summed E-state index contributed by atoms with van der Waals surface area (Å²) in [5, 5.41) is 8.80. The van der Waals surface area contributed by atoms with E-state index < -0.39 is 5.97 Å². The molecule has 1 aliphatic heterocycles. The van der Waals surface area contributed by atoms with Crippen molar-refractivity contribution in [2.45, 2.75) is 6.54 Å². The van der Waals surface area contributed by atoms with Crippen LogP contribution in [0.3, 0.4) is 0 Å². The molecule has 78 valence electrons. The normalized spacial score (nSPS) is 16.4. The highest BCUT2D eigenvalue weighted by atomic mass is 16.4. The van der Waals surface area contributed by atoms with Crippen LogP contribution in [0.1, 0.15) is 5.56 Å². The zero-order valence-electron chi connectivity index (χ0n) is 8.39. The van der Waals surface area contributed by atoms with Crippen LogP contribution in [0.25, 0.3) is 0 Å². The Morgan fingerprint density at radius 2 is 2.07 bits per heavy atom. The molecule has 2 rings (SSSR count). The van der Waals surface area contributed by atoms with Gasteiger partial charge in [-0.3, -0.25) is 4.90 Å². The maximum Gasteiger partial charge on any atom is 0.332 e. The van der Waals surface area contributed by atoms with E-state index in [-0.39, 0.29) is 0 Å². The van der Waals surface area contributed by atoms with Crippen molar-refractivity contribution >= 4 is 5.97 Å². The molecule has 0 aromatic heterocycles. The number of carbonyl (C=O) groups is 1. The molecule has 1 aromatic carbocycles. The van der Waals surface area contributed by atoms with Gasteiger partial charge >= 0.3 is 5.97 Å². The van der Waals surface area contributed by atoms with E-state index >= 15 is 0 Å². The van der Waals surface area contributed by atoms with Gasteiger partial charge in [0.25, 0.3) is 0 Å². The minimum atomic E-state index is -0.800. The zero-order valence-corrected chi connectivity index (χ0v) is 8.39. The Hall–Kier alpha value is -1.61. The predicted molar refractivity (Wildman–Crippen MR) is 57.4 cm³/mol. The third kappa shape index (κ3) is 2.44. The maximum absolute atomic E-state index is 10.7. The van der Waals surface area contributed by atoms with Crippen molar-refractivity contribution < 1.29 is 9.90 Å². The predicted octanol–water partition coefficient (Wildman–Crippen LogP) is 1.51. The molecule has 0 saturated carbocycles. The molecule has 0 amide bonds. The average Bonchev–Trinajstić information content (AvgIpc) is 2.68. The molecule has 15 heavy (non-hydrogen) atoms. The second-order valence-corrected chi connectivity index (χ2v) is 3.69. The molecule has 0 radical (unpaired) electrons. The molecular weight excluding hydrogens is 190 g/mol. The van der Waals surface area contributed by atoms with Crippen molar-refractivity contribution in [1.82, 2.24) is 4.90 Å². The summed E-state index contributed by atoms with van der Waals surface area (Å²) in [7, 11) is 0. The Kier molecular flexibility index (Phi) is 2.83. The quantitative estimate of drug-likeness (QED) is 0.809. The van der Waals surface area contributed by atoms with Crippen LogP contribution in [-0.4, -0.2) is 29.1 Å². The number of rotatable bonds is 3. The van der Waals surface area contributed by atoms with E-state index in [2.05, 4.69) is 17.0 Å². The van der Waals surface area contributed by atoms with E-state index in [9.17, 15) is 4.79 Å². The molecule has 0 spiro atoms. The lowest BCUT2D eigenvalue weighted by atomic mass is 10.2. The van der Waals surface area contributed by atoms with Crippen LogP contribution in [0.4, 0.5) is 0 Å². The van der Waals surface area contributed by atoms with Crippen molar-refractivity contribution in [2.24, 2.45) is 0 Å². The second kappa shape index (κ2) is 4.28. The standard InChI is InChI=1S/C12H13NO2/c14-12(15)11-6-7-13(9-11)8-10-4-2-1-3-5-10/h1-6H,7-9H2,(H,14,15). The SMILES string of the molecule is O=C(O)C1=CCN(Cc2ccccc2)C1. The van der Waals surface area contributed by atoms with Gasteiger partial charge in [-0.1, -0.05) is 36.4 Å². The van der Waals surface area contributed by atoms with E-state index in [4.69, 9.17) is 5.11 Å². The molecule has 1 heterocycles. The van der Waals surface area contributed by atoms with E-state index in [1.54, 1.807) is 6.08 Å². The largest absolute Gasteiger partial charge is 0.478 e. The number of hydrogen-bond donors (Lipinski definition) is 1. The maximum atomic E-state index is 10.7. The first-order valence-corrected chi connectivity index (χ1v) is 4.94. The highest BCUT2D eigenvalue weighted by Gasteiger charge is 2.18. The monoisotopic (exact) mass is 203 g/mol. The molecule has 3 heteroatoms. The fourth-order valence-corrected chi connectivity index (χ4v) is 1.73. The summed E-state index contributed by atoms with van der Waals surface area (Å²) in [5.41, 5.74) is 1.73. The van der Waals surface area contributed by atoms with Gasteiger partial charge in [-0.2, -0.15) is 0 Å². The minimum Gasteiger partial charge on any atom is -0.478 e. The molecule has 0 aliphatic carbocycles. The van der Waals surface area contributed by atoms with E-state index in [0.717, 1.165) is 13.1 Å². The molecule has 1 aromatic rings. The summed E-state index contributed by atoms with van der Waals surface area (Å²) in [5.74, 6) is -0.800. The molecule has 0 unspecified atom stereocenters. The first kappa shape index (κ1) is 9.93. The van der Waals surface area contributed by atoms with Crippen molar-refractivity contribution in [3.8, 4) is 0 Å². The van der Waals surface area contributed by atoms with Gasteiger partial charge in [-0.05, 0) is 5.56 Å². The fraction of sp³-hybridized carbons (Fsp3) is 0.250. The van der Waals surface area contributed by atoms with Gasteiger partial charge in [-0.15, -0.1) is 0 Å². The molecule has 1 aliphatic rings. The summed E-state index contributed by atoms with van der Waals surface area (Å²) in [4.78, 5) is 12.8. The average molecular weight is 203 g/mol. The highest BCUT2D eigenvalue weighted by Crippen LogP contribution is 2.12. The Bertz CT molecular complexity index is 384. The Morgan fingerprint density at radius 3 is 2.67 bits per heavy atom. The first-order valence-electron chi connectivity index (χ1n) is 4.94. The minimum absolute atomic E-state index is 0.505. The summed E-state index contributed by atoms with van der Waals surface area (Å²) in [6, 6.07) is 10.1. The summed E-state index contributed by atoms with van der Waals surface area (Å²) in [6.45, 7) is 2.09. The topological polar surface area (TPSA) is 40.5 Å². The van der Waals surface area contributed by atoms with Gasteiger partial charge in [0.05, 0.1) is 0 Å². The number of benzene rings is 1. The van der Waals surface area contributed by atoms with Gasteiger partial charge in [0, 0.05) is 25.2 Å². The fourth-order valence-electron chi connectivity index (χ4n) is 1.73. The van der Waals surface area contributed by atoms with Gasteiger partial charge in [0.15, 0.2) is 0 Å². The van der Waals surface area contributed by atoms with Crippen LogP contribution < -0.4 is 0 Å². The second-order valence-electron chi connectivity index (χ2n) is 3.69. The van der Waals surface area contributed by atoms with Crippen LogP contribution in [0.5, 0.6) is 0 Å². The molecule has 0 fully saturated rings.